The quantitative estimate of drug-likeness (QED) is 0.368. The second-order valence-corrected chi connectivity index (χ2v) is 7.21. The Morgan fingerprint density at radius 1 is 1.11 bits per heavy atom. The number of benzene rings is 1. The molecule has 1 unspecified atom stereocenters. The molecule has 0 aliphatic rings. The summed E-state index contributed by atoms with van der Waals surface area (Å²) in [7, 11) is 0. The standard InChI is InChI=1S/C19H29ClN4O4/c1-4-22-19(28)17(26)14(9-12-5-7-13(20)8-6-12)23-18(27)16(11(2)3)24-15(25)10-21/h5-8,11,14,16-17,26H,4,9-10,21H2,1-3H3,(H,22,28)(H,23,27)(H,24,25)/t14-,16-,17?/m0/s1. The number of likely N-dealkylation sites (N-methyl/N-ethyl adjacent to an activating group) is 1. The average Bonchev–Trinajstić information content (AvgIpc) is 2.66. The molecule has 0 saturated carbocycles. The molecule has 0 aliphatic carbocycles. The van der Waals surface area contributed by atoms with Crippen LogP contribution in [0.1, 0.15) is 26.3 Å². The summed E-state index contributed by atoms with van der Waals surface area (Å²) in [6.45, 7) is 5.38. The lowest BCUT2D eigenvalue weighted by Crippen LogP contribution is -2.58. The van der Waals surface area contributed by atoms with E-state index in [0.717, 1.165) is 5.56 Å². The molecule has 0 radical (unpaired) electrons. The van der Waals surface area contributed by atoms with E-state index in [1.807, 2.05) is 0 Å². The maximum atomic E-state index is 12.7. The number of nitrogens with two attached hydrogens (primary N) is 1. The molecule has 1 rings (SSSR count). The van der Waals surface area contributed by atoms with Gasteiger partial charge in [0.2, 0.25) is 11.8 Å². The summed E-state index contributed by atoms with van der Waals surface area (Å²) in [6, 6.07) is 5.14. The van der Waals surface area contributed by atoms with E-state index in [9.17, 15) is 19.5 Å². The molecule has 9 heteroatoms. The van der Waals surface area contributed by atoms with Crippen LogP contribution >= 0.6 is 11.6 Å². The van der Waals surface area contributed by atoms with Gasteiger partial charge < -0.3 is 26.8 Å². The molecule has 6 N–H and O–H groups in total. The number of aliphatic hydroxyl groups excluding tert-OH is 1. The van der Waals surface area contributed by atoms with Crippen molar-refractivity contribution in [3.05, 3.63) is 34.9 Å². The van der Waals surface area contributed by atoms with E-state index in [2.05, 4.69) is 16.0 Å². The number of nitrogens with one attached hydrogen (secondary N) is 3. The number of carbonyl (C=O) groups excluding carboxylic acids is 3. The highest BCUT2D eigenvalue weighted by Gasteiger charge is 2.31. The fraction of sp³-hybridized carbons (Fsp3) is 0.526. The minimum atomic E-state index is -1.46. The van der Waals surface area contributed by atoms with Gasteiger partial charge in [0, 0.05) is 11.6 Å². The Balaban J connectivity index is 3.01. The molecule has 156 valence electrons. The van der Waals surface area contributed by atoms with E-state index in [4.69, 9.17) is 17.3 Å². The summed E-state index contributed by atoms with van der Waals surface area (Å²) in [6.07, 6.45) is -1.26. The van der Waals surface area contributed by atoms with Crippen LogP contribution in [0.15, 0.2) is 24.3 Å². The van der Waals surface area contributed by atoms with E-state index in [1.165, 1.54) is 0 Å². The van der Waals surface area contributed by atoms with Gasteiger partial charge in [-0.25, -0.2) is 0 Å². The third-order valence-electron chi connectivity index (χ3n) is 4.15. The van der Waals surface area contributed by atoms with Crippen LogP contribution in [0.4, 0.5) is 0 Å². The van der Waals surface area contributed by atoms with Gasteiger partial charge in [0.25, 0.3) is 5.91 Å². The van der Waals surface area contributed by atoms with Crippen LogP contribution in [0.25, 0.3) is 0 Å². The van der Waals surface area contributed by atoms with Crippen molar-refractivity contribution in [1.29, 1.82) is 0 Å². The summed E-state index contributed by atoms with van der Waals surface area (Å²) < 4.78 is 0. The first-order valence-corrected chi connectivity index (χ1v) is 9.57. The maximum absolute atomic E-state index is 12.7. The third kappa shape index (κ3) is 7.46. The lowest BCUT2D eigenvalue weighted by molar-refractivity contribution is -0.134. The molecule has 0 fully saturated rings. The zero-order chi connectivity index (χ0) is 21.3. The van der Waals surface area contributed by atoms with Gasteiger partial charge in [0.15, 0.2) is 6.10 Å². The molecule has 1 aromatic carbocycles. The first-order valence-electron chi connectivity index (χ1n) is 9.19. The largest absolute Gasteiger partial charge is 0.381 e. The number of hydrogen-bond donors (Lipinski definition) is 5. The van der Waals surface area contributed by atoms with Crippen molar-refractivity contribution in [2.24, 2.45) is 11.7 Å². The van der Waals surface area contributed by atoms with E-state index in [0.29, 0.717) is 11.6 Å². The van der Waals surface area contributed by atoms with Gasteiger partial charge in [-0.05, 0) is 37.0 Å². The first kappa shape index (κ1) is 23.9. The minimum absolute atomic E-state index is 0.205. The van der Waals surface area contributed by atoms with Crippen LogP contribution in [0, 0.1) is 5.92 Å². The normalized spacial score (nSPS) is 14.1. The van der Waals surface area contributed by atoms with Crippen molar-refractivity contribution < 1.29 is 19.5 Å². The zero-order valence-corrected chi connectivity index (χ0v) is 17.1. The number of hydrogen-bond acceptors (Lipinski definition) is 5. The summed E-state index contributed by atoms with van der Waals surface area (Å²) in [5, 5.41) is 18.8. The van der Waals surface area contributed by atoms with Crippen molar-refractivity contribution in [1.82, 2.24) is 16.0 Å². The molecule has 0 saturated heterocycles. The van der Waals surface area contributed by atoms with Gasteiger partial charge in [0.05, 0.1) is 12.6 Å². The van der Waals surface area contributed by atoms with Crippen LogP contribution in [0.5, 0.6) is 0 Å². The minimum Gasteiger partial charge on any atom is -0.381 e. The predicted octanol–water partition coefficient (Wildman–Crippen LogP) is -0.0362. The van der Waals surface area contributed by atoms with Crippen molar-refractivity contribution >= 4 is 29.3 Å². The third-order valence-corrected chi connectivity index (χ3v) is 4.40. The molecule has 0 aromatic heterocycles. The van der Waals surface area contributed by atoms with Crippen molar-refractivity contribution in [2.45, 2.75) is 45.4 Å². The van der Waals surface area contributed by atoms with Gasteiger partial charge in [-0.15, -0.1) is 0 Å². The zero-order valence-electron chi connectivity index (χ0n) is 16.4. The Morgan fingerprint density at radius 3 is 2.21 bits per heavy atom. The molecule has 8 nitrogen and oxygen atoms in total. The number of amides is 3. The highest BCUT2D eigenvalue weighted by molar-refractivity contribution is 6.30. The number of aliphatic hydroxyl groups is 1. The number of carbonyl (C=O) groups is 3. The van der Waals surface area contributed by atoms with Gasteiger partial charge in [-0.1, -0.05) is 37.6 Å². The Labute approximate surface area is 170 Å². The topological polar surface area (TPSA) is 134 Å². The highest BCUT2D eigenvalue weighted by Crippen LogP contribution is 2.13. The van der Waals surface area contributed by atoms with Gasteiger partial charge in [-0.2, -0.15) is 0 Å². The molecule has 3 atom stereocenters. The number of halogens is 1. The molecule has 28 heavy (non-hydrogen) atoms. The second kappa shape index (κ2) is 11.6. The summed E-state index contributed by atoms with van der Waals surface area (Å²) >= 11 is 5.89. The van der Waals surface area contributed by atoms with E-state index >= 15 is 0 Å². The smallest absolute Gasteiger partial charge is 0.250 e. The maximum Gasteiger partial charge on any atom is 0.250 e. The molecule has 0 spiro atoms. The summed E-state index contributed by atoms with van der Waals surface area (Å²) in [4.78, 5) is 36.5. The van der Waals surface area contributed by atoms with Crippen molar-refractivity contribution in [3.8, 4) is 0 Å². The fourth-order valence-corrected chi connectivity index (χ4v) is 2.74. The van der Waals surface area contributed by atoms with Gasteiger partial charge in [0.1, 0.15) is 6.04 Å². The van der Waals surface area contributed by atoms with E-state index in [-0.39, 0.29) is 18.9 Å². The van der Waals surface area contributed by atoms with Crippen molar-refractivity contribution in [3.63, 3.8) is 0 Å². The molecular weight excluding hydrogens is 384 g/mol. The van der Waals surface area contributed by atoms with Gasteiger partial charge in [-0.3, -0.25) is 14.4 Å². The Bertz CT molecular complexity index is 666. The Morgan fingerprint density at radius 2 is 1.71 bits per heavy atom. The fourth-order valence-electron chi connectivity index (χ4n) is 2.62. The molecule has 3 amide bonds. The monoisotopic (exact) mass is 412 g/mol. The Kier molecular flexibility index (Phi) is 9.92. The van der Waals surface area contributed by atoms with Crippen LogP contribution < -0.4 is 21.7 Å². The highest BCUT2D eigenvalue weighted by atomic mass is 35.5. The van der Waals surface area contributed by atoms with Crippen LogP contribution in [0.2, 0.25) is 5.02 Å². The number of rotatable bonds is 10. The molecule has 0 aliphatic heterocycles. The van der Waals surface area contributed by atoms with Gasteiger partial charge >= 0.3 is 0 Å². The predicted molar refractivity (Wildman–Crippen MR) is 108 cm³/mol. The summed E-state index contributed by atoms with van der Waals surface area (Å²) in [5.41, 5.74) is 6.09. The lowest BCUT2D eigenvalue weighted by Gasteiger charge is -2.28. The van der Waals surface area contributed by atoms with E-state index in [1.54, 1.807) is 45.0 Å². The SMILES string of the molecule is CCNC(=O)C(O)[C@H](Cc1ccc(Cl)cc1)NC(=O)[C@@H](NC(=O)CN)C(C)C. The van der Waals surface area contributed by atoms with Crippen LogP contribution in [0.3, 0.4) is 0 Å². The lowest BCUT2D eigenvalue weighted by atomic mass is 9.98. The van der Waals surface area contributed by atoms with Crippen LogP contribution in [-0.4, -0.2) is 54.1 Å². The van der Waals surface area contributed by atoms with Crippen molar-refractivity contribution in [2.75, 3.05) is 13.1 Å². The molecule has 0 heterocycles. The summed E-state index contributed by atoms with van der Waals surface area (Å²) in [5.74, 6) is -1.77. The molecule has 0 bridgehead atoms. The Hall–Kier alpha value is -2.16. The van der Waals surface area contributed by atoms with Crippen LogP contribution in [-0.2, 0) is 20.8 Å². The van der Waals surface area contributed by atoms with E-state index < -0.39 is 35.9 Å². The average molecular weight is 413 g/mol. The second-order valence-electron chi connectivity index (χ2n) is 6.78. The molecular formula is C19H29ClN4O4. The molecule has 1 aromatic rings. The first-order chi connectivity index (χ1) is 13.2.